The molecule has 108 heavy (non-hydrogen) atoms. The fourth-order valence-electron chi connectivity index (χ4n) is 21.4. The van der Waals surface area contributed by atoms with Crippen molar-refractivity contribution in [2.24, 2.45) is 0 Å². The van der Waals surface area contributed by atoms with Crippen molar-refractivity contribution in [3.63, 3.8) is 0 Å². The van der Waals surface area contributed by atoms with Crippen molar-refractivity contribution in [3.8, 4) is 66.8 Å². The molecule has 3 aliphatic rings. The van der Waals surface area contributed by atoms with E-state index in [1.54, 1.807) is 0 Å². The Kier molecular flexibility index (Phi) is 11.7. The smallest absolute Gasteiger partial charge is 0.0433 e. The van der Waals surface area contributed by atoms with Gasteiger partial charge in [-0.15, -0.1) is 34.0 Å². The molecule has 19 aromatic carbocycles. The van der Waals surface area contributed by atoms with Crippen molar-refractivity contribution in [1.29, 1.82) is 0 Å². The molecule has 0 atom stereocenters. The predicted octanol–water partition coefficient (Wildman–Crippen LogP) is 31.1. The van der Waals surface area contributed by atoms with Gasteiger partial charge in [-0.2, -0.15) is 0 Å². The number of hydrogen-bond donors (Lipinski definition) is 0. The molecule has 3 aromatic heterocycles. The lowest BCUT2D eigenvalue weighted by atomic mass is 9.71. The SMILES string of the molecule is CC1(C)c2cc3c4cc(-c5cccc6c5sc5ccccc56)ccc4c4ccccc4c3cc2-c2c1c1c(c3c2C(C)(C)c2cc4c5cc(-c6cccc7c6sc6ccccc67)ccc5c5ccccc5c4cc2-3)C(C)(C)c2cc3c4cc(-c5cccc6c5sc5ccccc56)ccc4c4ccccc4c3cc2-1. The van der Waals surface area contributed by atoms with Gasteiger partial charge in [0.1, 0.15) is 0 Å². The summed E-state index contributed by atoms with van der Waals surface area (Å²) in [5.74, 6) is 0. The van der Waals surface area contributed by atoms with E-state index < -0.39 is 16.2 Å². The van der Waals surface area contributed by atoms with Crippen LogP contribution < -0.4 is 0 Å². The van der Waals surface area contributed by atoms with Gasteiger partial charge in [0, 0.05) is 76.8 Å². The van der Waals surface area contributed by atoms with E-state index >= 15 is 0 Å². The topological polar surface area (TPSA) is 0 Å². The molecule has 0 N–H and O–H groups in total. The first-order valence-corrected chi connectivity index (χ1v) is 40.5. The molecule has 0 fully saturated rings. The third-order valence-corrected chi connectivity index (χ3v) is 29.9. The Morgan fingerprint density at radius 2 is 0.398 bits per heavy atom. The second kappa shape index (κ2) is 20.9. The number of benzene rings is 19. The zero-order chi connectivity index (χ0) is 71.3. The number of fused-ring (bicyclic) bond motifs is 39. The second-order valence-corrected chi connectivity index (χ2v) is 35.9. The standard InChI is InChI=1S/C105H66S3/c1-103(2)88-52-82-76-46-55(58-31-19-34-73-70-28-13-16-37-91(70)106-100(58)73)40-43-67(76)61-22-7-10-25-64(61)79(82)49-85(88)94-97(103)95-86-50-80-65-26-11-8-23-62(65)68-44-41-56(59-32-20-35-74-71-29-14-17-38-92(71)107-101(59)74)47-77(68)83(80)53-89(86)104(3,4)99(95)96-87-51-81-66-27-12-9-24-63(66)69-45-42-57(48-78(69)84(81)54-90(87)105(5,6)98(94)96)60-33-21-36-75-72-30-15-18-39-93(72)108-102(60)75/h7-54H,1-6H3. The van der Waals surface area contributed by atoms with E-state index in [1.165, 1.54) is 258 Å². The molecular formula is C105H66S3. The van der Waals surface area contributed by atoms with E-state index in [-0.39, 0.29) is 0 Å². The van der Waals surface area contributed by atoms with E-state index in [2.05, 4.69) is 333 Å². The highest BCUT2D eigenvalue weighted by atomic mass is 32.1. The Bertz CT molecular complexity index is 7240. The first-order valence-electron chi connectivity index (χ1n) is 38.1. The Labute approximate surface area is 635 Å². The molecule has 0 unspecified atom stereocenters. The van der Waals surface area contributed by atoms with Crippen LogP contribution in [0.25, 0.3) is 224 Å². The van der Waals surface area contributed by atoms with Crippen LogP contribution >= 0.6 is 34.0 Å². The van der Waals surface area contributed by atoms with Crippen molar-refractivity contribution in [1.82, 2.24) is 0 Å². The molecule has 504 valence electrons. The summed E-state index contributed by atoms with van der Waals surface area (Å²) in [6, 6.07) is 113. The molecule has 0 radical (unpaired) electrons. The second-order valence-electron chi connectivity index (χ2n) is 32.7. The van der Waals surface area contributed by atoms with Crippen LogP contribution in [0.15, 0.2) is 291 Å². The summed E-state index contributed by atoms with van der Waals surface area (Å²) in [4.78, 5) is 0. The molecule has 0 saturated carbocycles. The molecular weight excluding hydrogens is 1360 g/mol. The van der Waals surface area contributed by atoms with Gasteiger partial charge in [-0.25, -0.2) is 0 Å². The molecule has 0 amide bonds. The van der Waals surface area contributed by atoms with Gasteiger partial charge in [-0.3, -0.25) is 0 Å². The summed E-state index contributed by atoms with van der Waals surface area (Å²) in [5, 5.41) is 31.3. The average Bonchev–Trinajstić information content (AvgIpc) is 1.48. The minimum atomic E-state index is -0.438. The van der Waals surface area contributed by atoms with Gasteiger partial charge in [-0.1, -0.05) is 260 Å². The van der Waals surface area contributed by atoms with E-state index in [0.29, 0.717) is 0 Å². The monoisotopic (exact) mass is 1420 g/mol. The highest BCUT2D eigenvalue weighted by Crippen LogP contribution is 2.69. The van der Waals surface area contributed by atoms with Crippen LogP contribution in [0, 0.1) is 0 Å². The molecule has 0 aliphatic heterocycles. The third kappa shape index (κ3) is 7.64. The zero-order valence-electron chi connectivity index (χ0n) is 60.4. The summed E-state index contributed by atoms with van der Waals surface area (Å²) < 4.78 is 8.01. The van der Waals surface area contributed by atoms with Crippen molar-refractivity contribution in [2.75, 3.05) is 0 Å². The molecule has 3 aliphatic carbocycles. The van der Waals surface area contributed by atoms with Crippen molar-refractivity contribution in [3.05, 3.63) is 325 Å². The molecule has 0 nitrogen and oxygen atoms in total. The Hall–Kier alpha value is -11.8. The van der Waals surface area contributed by atoms with Crippen LogP contribution in [0.2, 0.25) is 0 Å². The van der Waals surface area contributed by atoms with Crippen molar-refractivity contribution < 1.29 is 0 Å². The summed E-state index contributed by atoms with van der Waals surface area (Å²) in [6.07, 6.45) is 0. The summed E-state index contributed by atoms with van der Waals surface area (Å²) in [6.45, 7) is 15.5. The highest BCUT2D eigenvalue weighted by molar-refractivity contribution is 7.27. The lowest BCUT2D eigenvalue weighted by Crippen LogP contribution is -2.22. The molecule has 3 heteroatoms. The van der Waals surface area contributed by atoms with Crippen LogP contribution in [0.5, 0.6) is 0 Å². The van der Waals surface area contributed by atoms with E-state index in [1.807, 2.05) is 34.0 Å². The fraction of sp³-hybridized carbons (Fsp3) is 0.0857. The lowest BCUT2D eigenvalue weighted by molar-refractivity contribution is 0.636. The van der Waals surface area contributed by atoms with Gasteiger partial charge in [0.2, 0.25) is 0 Å². The summed E-state index contributed by atoms with van der Waals surface area (Å²) in [5.41, 5.74) is 23.2. The van der Waals surface area contributed by atoms with Crippen LogP contribution in [-0.2, 0) is 16.2 Å². The minimum absolute atomic E-state index is 0.438. The van der Waals surface area contributed by atoms with Crippen LogP contribution in [0.4, 0.5) is 0 Å². The van der Waals surface area contributed by atoms with Gasteiger partial charge >= 0.3 is 0 Å². The van der Waals surface area contributed by atoms with Gasteiger partial charge < -0.3 is 0 Å². The maximum atomic E-state index is 2.68. The fourth-order valence-corrected chi connectivity index (χ4v) is 25.2. The van der Waals surface area contributed by atoms with Crippen LogP contribution in [0.1, 0.15) is 74.9 Å². The first kappa shape index (κ1) is 60.3. The minimum Gasteiger partial charge on any atom is -0.135 e. The quantitative estimate of drug-likeness (QED) is 0.155. The molecule has 0 bridgehead atoms. The number of rotatable bonds is 3. The maximum absolute atomic E-state index is 2.68. The summed E-state index contributed by atoms with van der Waals surface area (Å²) >= 11 is 5.75. The number of thiophene rings is 3. The molecule has 25 rings (SSSR count). The molecule has 0 saturated heterocycles. The average molecular weight is 1420 g/mol. The van der Waals surface area contributed by atoms with Gasteiger partial charge in [0.05, 0.1) is 0 Å². The molecule has 3 heterocycles. The first-order chi connectivity index (χ1) is 52.8. The normalized spacial score (nSPS) is 14.6. The van der Waals surface area contributed by atoms with Crippen LogP contribution in [0.3, 0.4) is 0 Å². The highest BCUT2D eigenvalue weighted by Gasteiger charge is 2.53. The van der Waals surface area contributed by atoms with E-state index in [4.69, 9.17) is 0 Å². The van der Waals surface area contributed by atoms with Gasteiger partial charge in [0.25, 0.3) is 0 Å². The summed E-state index contributed by atoms with van der Waals surface area (Å²) in [7, 11) is 0. The van der Waals surface area contributed by atoms with E-state index in [9.17, 15) is 0 Å². The molecule has 22 aromatic rings. The third-order valence-electron chi connectivity index (χ3n) is 26.3. The Morgan fingerprint density at radius 3 is 0.685 bits per heavy atom. The van der Waals surface area contributed by atoms with Crippen molar-refractivity contribution >= 4 is 191 Å². The predicted molar refractivity (Wildman–Crippen MR) is 472 cm³/mol. The van der Waals surface area contributed by atoms with Gasteiger partial charge in [-0.05, 0) is 270 Å². The zero-order valence-corrected chi connectivity index (χ0v) is 62.9. The Morgan fingerprint density at radius 1 is 0.176 bits per heavy atom. The maximum Gasteiger partial charge on any atom is 0.0433 e. The lowest BCUT2D eigenvalue weighted by Gasteiger charge is -2.31. The van der Waals surface area contributed by atoms with Crippen molar-refractivity contribution in [2.45, 2.75) is 57.8 Å². The van der Waals surface area contributed by atoms with Crippen LogP contribution in [-0.4, -0.2) is 0 Å². The van der Waals surface area contributed by atoms with E-state index in [0.717, 1.165) is 0 Å². The number of hydrogen-bond acceptors (Lipinski definition) is 3. The largest absolute Gasteiger partial charge is 0.135 e. The van der Waals surface area contributed by atoms with Gasteiger partial charge in [0.15, 0.2) is 0 Å². The molecule has 0 spiro atoms. The Balaban J connectivity index is 0.787.